The third-order valence-electron chi connectivity index (χ3n) is 4.57. The van der Waals surface area contributed by atoms with Crippen molar-refractivity contribution < 1.29 is 0 Å². The van der Waals surface area contributed by atoms with Crippen molar-refractivity contribution in [1.29, 1.82) is 0 Å². The van der Waals surface area contributed by atoms with Gasteiger partial charge in [-0.2, -0.15) is 0 Å². The number of hydrogen-bond acceptors (Lipinski definition) is 2. The van der Waals surface area contributed by atoms with Crippen LogP contribution < -0.4 is 9.80 Å². The molecule has 2 saturated heterocycles. The zero-order valence-corrected chi connectivity index (χ0v) is 16.8. The average Bonchev–Trinajstić information content (AvgIpc) is 3.19. The summed E-state index contributed by atoms with van der Waals surface area (Å²) in [6.07, 6.45) is 0. The molecule has 136 valence electrons. The number of thiocarbonyl (C=S) groups is 2. The molecular weight excluding hydrogens is 360 g/mol. The monoisotopic (exact) mass is 384 g/mol. The molecule has 2 aromatic rings. The molecule has 0 aliphatic carbocycles. The van der Waals surface area contributed by atoms with Crippen molar-refractivity contribution in [3.05, 3.63) is 60.7 Å². The second kappa shape index (κ2) is 8.47. The second-order valence-electron chi connectivity index (χ2n) is 6.38. The molecule has 0 bridgehead atoms. The van der Waals surface area contributed by atoms with E-state index in [-0.39, 0.29) is 0 Å². The van der Waals surface area contributed by atoms with Crippen molar-refractivity contribution in [2.45, 2.75) is 0 Å². The summed E-state index contributed by atoms with van der Waals surface area (Å²) in [4.78, 5) is 8.52. The number of likely N-dealkylation sites (N-methyl/N-ethyl adjacent to an activating group) is 2. The zero-order valence-electron chi connectivity index (χ0n) is 15.2. The third kappa shape index (κ3) is 4.14. The van der Waals surface area contributed by atoms with E-state index in [1.165, 1.54) is 11.4 Å². The van der Waals surface area contributed by atoms with Gasteiger partial charge in [0.25, 0.3) is 0 Å². The molecule has 2 fully saturated rings. The Kier molecular flexibility index (Phi) is 6.06. The summed E-state index contributed by atoms with van der Waals surface area (Å²) in [7, 11) is 4.07. The SMILES string of the molecule is CN1CCN(c2ccccc2)C1=S.CN1CCN(c2ccccc2)C1=S. The number of hydrogen-bond donors (Lipinski definition) is 0. The molecule has 0 aromatic heterocycles. The molecule has 26 heavy (non-hydrogen) atoms. The lowest BCUT2D eigenvalue weighted by molar-refractivity contribution is 0.571. The normalized spacial score (nSPS) is 16.8. The highest BCUT2D eigenvalue weighted by Gasteiger charge is 2.23. The van der Waals surface area contributed by atoms with Crippen LogP contribution in [0.25, 0.3) is 0 Å². The standard InChI is InChI=1S/2C10H12N2S/c2*1-11-7-8-12(10(11)13)9-5-3-2-4-6-9/h2*2-6H,7-8H2,1H3. The van der Waals surface area contributed by atoms with Crippen molar-refractivity contribution in [3.63, 3.8) is 0 Å². The van der Waals surface area contributed by atoms with Crippen molar-refractivity contribution in [2.75, 3.05) is 50.1 Å². The first kappa shape index (κ1) is 18.6. The number of rotatable bonds is 2. The highest BCUT2D eigenvalue weighted by molar-refractivity contribution is 7.80. The molecule has 2 heterocycles. The molecule has 0 amide bonds. The molecule has 2 aliphatic rings. The Bertz CT molecular complexity index is 685. The van der Waals surface area contributed by atoms with Crippen molar-refractivity contribution in [2.24, 2.45) is 0 Å². The first-order valence-corrected chi connectivity index (χ1v) is 9.55. The van der Waals surface area contributed by atoms with Gasteiger partial charge in [0, 0.05) is 51.6 Å². The van der Waals surface area contributed by atoms with E-state index < -0.39 is 0 Å². The molecule has 0 unspecified atom stereocenters. The van der Waals surface area contributed by atoms with E-state index in [1.807, 2.05) is 50.5 Å². The summed E-state index contributed by atoms with van der Waals surface area (Å²) in [5.41, 5.74) is 2.38. The molecule has 0 spiro atoms. The zero-order chi connectivity index (χ0) is 18.5. The Morgan fingerprint density at radius 3 is 1.19 bits per heavy atom. The summed E-state index contributed by atoms with van der Waals surface area (Å²) in [5.74, 6) is 0. The van der Waals surface area contributed by atoms with E-state index in [4.69, 9.17) is 24.4 Å². The maximum Gasteiger partial charge on any atom is 0.175 e. The molecule has 2 aromatic carbocycles. The van der Waals surface area contributed by atoms with E-state index in [1.54, 1.807) is 0 Å². The molecular formula is C20H24N4S2. The summed E-state index contributed by atoms with van der Waals surface area (Å²) in [6, 6.07) is 20.5. The minimum Gasteiger partial charge on any atom is -0.350 e. The number of benzene rings is 2. The Balaban J connectivity index is 0.000000151. The van der Waals surface area contributed by atoms with Gasteiger partial charge in [-0.15, -0.1) is 0 Å². The van der Waals surface area contributed by atoms with Gasteiger partial charge in [-0.3, -0.25) is 0 Å². The van der Waals surface area contributed by atoms with Crippen molar-refractivity contribution >= 4 is 46.0 Å². The molecule has 4 rings (SSSR count). The molecule has 0 radical (unpaired) electrons. The molecule has 0 atom stereocenters. The van der Waals surface area contributed by atoms with Gasteiger partial charge in [0.1, 0.15) is 0 Å². The molecule has 0 N–H and O–H groups in total. The average molecular weight is 385 g/mol. The van der Waals surface area contributed by atoms with E-state index in [0.29, 0.717) is 0 Å². The second-order valence-corrected chi connectivity index (χ2v) is 7.11. The van der Waals surface area contributed by atoms with Gasteiger partial charge in [0.2, 0.25) is 0 Å². The van der Waals surface area contributed by atoms with Crippen LogP contribution in [-0.4, -0.2) is 60.3 Å². The largest absolute Gasteiger partial charge is 0.350 e. The van der Waals surface area contributed by atoms with E-state index in [0.717, 1.165) is 36.4 Å². The van der Waals surface area contributed by atoms with Gasteiger partial charge in [-0.1, -0.05) is 36.4 Å². The van der Waals surface area contributed by atoms with Gasteiger partial charge in [0.05, 0.1) is 0 Å². The summed E-state index contributed by atoms with van der Waals surface area (Å²) in [6.45, 7) is 4.04. The maximum absolute atomic E-state index is 5.30. The van der Waals surface area contributed by atoms with E-state index in [2.05, 4.69) is 43.9 Å². The van der Waals surface area contributed by atoms with Gasteiger partial charge in [-0.05, 0) is 48.7 Å². The smallest absolute Gasteiger partial charge is 0.175 e. The number of para-hydroxylation sites is 2. The quantitative estimate of drug-likeness (QED) is 0.731. The van der Waals surface area contributed by atoms with Gasteiger partial charge in [-0.25, -0.2) is 0 Å². The van der Waals surface area contributed by atoms with Crippen LogP contribution in [0.1, 0.15) is 0 Å². The predicted molar refractivity (Wildman–Crippen MR) is 118 cm³/mol. The first-order chi connectivity index (χ1) is 12.6. The van der Waals surface area contributed by atoms with Gasteiger partial charge >= 0.3 is 0 Å². The number of anilines is 2. The fourth-order valence-corrected chi connectivity index (χ4v) is 3.57. The fraction of sp³-hybridized carbons (Fsp3) is 0.300. The van der Waals surface area contributed by atoms with E-state index in [9.17, 15) is 0 Å². The summed E-state index contributed by atoms with van der Waals surface area (Å²) in [5, 5.41) is 1.84. The Morgan fingerprint density at radius 2 is 0.923 bits per heavy atom. The summed E-state index contributed by atoms with van der Waals surface area (Å²) < 4.78 is 0. The van der Waals surface area contributed by atoms with Gasteiger partial charge in [0.15, 0.2) is 10.2 Å². The highest BCUT2D eigenvalue weighted by atomic mass is 32.1. The third-order valence-corrected chi connectivity index (χ3v) is 5.63. The Morgan fingerprint density at radius 1 is 0.577 bits per heavy atom. The highest BCUT2D eigenvalue weighted by Crippen LogP contribution is 2.19. The lowest BCUT2D eigenvalue weighted by Gasteiger charge is -2.18. The molecule has 0 saturated carbocycles. The lowest BCUT2D eigenvalue weighted by atomic mass is 10.3. The Labute approximate surface area is 166 Å². The minimum absolute atomic E-state index is 0.922. The molecule has 6 heteroatoms. The molecule has 2 aliphatic heterocycles. The minimum atomic E-state index is 0.922. The lowest BCUT2D eigenvalue weighted by Crippen LogP contribution is -2.28. The van der Waals surface area contributed by atoms with E-state index >= 15 is 0 Å². The fourth-order valence-electron chi connectivity index (χ4n) is 2.99. The molecule has 4 nitrogen and oxygen atoms in total. The predicted octanol–water partition coefficient (Wildman–Crippen LogP) is 3.45. The van der Waals surface area contributed by atoms with Crippen LogP contribution in [0.4, 0.5) is 11.4 Å². The van der Waals surface area contributed by atoms with Crippen LogP contribution in [0, 0.1) is 0 Å². The van der Waals surface area contributed by atoms with Crippen LogP contribution in [0.15, 0.2) is 60.7 Å². The Hall–Kier alpha value is -2.18. The van der Waals surface area contributed by atoms with Crippen molar-refractivity contribution in [3.8, 4) is 0 Å². The maximum atomic E-state index is 5.30. The number of nitrogens with zero attached hydrogens (tertiary/aromatic N) is 4. The van der Waals surface area contributed by atoms with Crippen molar-refractivity contribution in [1.82, 2.24) is 9.80 Å². The van der Waals surface area contributed by atoms with Crippen LogP contribution in [-0.2, 0) is 0 Å². The van der Waals surface area contributed by atoms with Crippen LogP contribution in [0.2, 0.25) is 0 Å². The van der Waals surface area contributed by atoms with Crippen LogP contribution in [0.3, 0.4) is 0 Å². The topological polar surface area (TPSA) is 13.0 Å². The first-order valence-electron chi connectivity index (χ1n) is 8.73. The van der Waals surface area contributed by atoms with Crippen LogP contribution >= 0.6 is 24.4 Å². The van der Waals surface area contributed by atoms with Crippen LogP contribution in [0.5, 0.6) is 0 Å². The summed E-state index contributed by atoms with van der Waals surface area (Å²) >= 11 is 10.6. The van der Waals surface area contributed by atoms with Gasteiger partial charge < -0.3 is 19.6 Å².